The summed E-state index contributed by atoms with van der Waals surface area (Å²) < 4.78 is 0. The maximum atomic E-state index is 2.63. The van der Waals surface area contributed by atoms with Gasteiger partial charge in [-0.25, -0.2) is 0 Å². The summed E-state index contributed by atoms with van der Waals surface area (Å²) in [4.78, 5) is 0. The lowest BCUT2D eigenvalue weighted by Crippen LogP contribution is -2.30. The van der Waals surface area contributed by atoms with Crippen LogP contribution in [0.3, 0.4) is 0 Å². The quantitative estimate of drug-likeness (QED) is 0.386. The van der Waals surface area contributed by atoms with Gasteiger partial charge in [0, 0.05) is 0 Å². The van der Waals surface area contributed by atoms with Crippen molar-refractivity contribution in [2.24, 2.45) is 23.7 Å². The summed E-state index contributed by atoms with van der Waals surface area (Å²) >= 11 is 0. The Labute approximate surface area is 181 Å². The third-order valence-electron chi connectivity index (χ3n) is 9.05. The molecule has 3 aliphatic carbocycles. The fourth-order valence-corrected chi connectivity index (χ4v) is 7.04. The molecule has 1 aromatic carbocycles. The van der Waals surface area contributed by atoms with E-state index in [1.54, 1.807) is 23.1 Å². The Balaban J connectivity index is 1.27. The van der Waals surface area contributed by atoms with Gasteiger partial charge >= 0.3 is 0 Å². The van der Waals surface area contributed by atoms with Crippen molar-refractivity contribution >= 4 is 0 Å². The van der Waals surface area contributed by atoms with Crippen LogP contribution in [0.5, 0.6) is 0 Å². The first-order chi connectivity index (χ1) is 14.3. The number of fused-ring (bicyclic) bond motifs is 2. The second kappa shape index (κ2) is 10.5. The number of hydrogen-bond acceptors (Lipinski definition) is 0. The van der Waals surface area contributed by atoms with Gasteiger partial charge in [-0.05, 0) is 97.6 Å². The highest BCUT2D eigenvalue weighted by molar-refractivity contribution is 5.36. The molecule has 0 heteroatoms. The van der Waals surface area contributed by atoms with E-state index in [9.17, 15) is 0 Å². The Kier molecular flexibility index (Phi) is 7.77. The Morgan fingerprint density at radius 3 is 2.45 bits per heavy atom. The SMILES string of the molecule is CCCCCCCC1CCC2CC(c3ccc4c(c3)CCC(CC)C4)CCC2C1. The van der Waals surface area contributed by atoms with Crippen LogP contribution in [0.1, 0.15) is 126 Å². The second-order valence-corrected chi connectivity index (χ2v) is 11.0. The number of aryl methyl sites for hydroxylation is 1. The normalized spacial score (nSPS) is 31.9. The van der Waals surface area contributed by atoms with Crippen molar-refractivity contribution in [3.8, 4) is 0 Å². The van der Waals surface area contributed by atoms with Gasteiger partial charge < -0.3 is 0 Å². The molecule has 0 N–H and O–H groups in total. The lowest BCUT2D eigenvalue weighted by atomic mass is 9.63. The van der Waals surface area contributed by atoms with Gasteiger partial charge in [0.05, 0.1) is 0 Å². The van der Waals surface area contributed by atoms with E-state index in [1.807, 2.05) is 0 Å². The zero-order valence-electron chi connectivity index (χ0n) is 19.4. The summed E-state index contributed by atoms with van der Waals surface area (Å²) in [6.45, 7) is 4.69. The third-order valence-corrected chi connectivity index (χ3v) is 9.05. The Hall–Kier alpha value is -0.780. The lowest BCUT2D eigenvalue weighted by Gasteiger charge is -2.42. The van der Waals surface area contributed by atoms with Crippen LogP contribution in [0.4, 0.5) is 0 Å². The van der Waals surface area contributed by atoms with E-state index >= 15 is 0 Å². The monoisotopic (exact) mass is 394 g/mol. The molecule has 0 saturated heterocycles. The summed E-state index contributed by atoms with van der Waals surface area (Å²) in [6, 6.07) is 7.66. The van der Waals surface area contributed by atoms with Gasteiger partial charge in [0.2, 0.25) is 0 Å². The van der Waals surface area contributed by atoms with Gasteiger partial charge in [-0.1, -0.05) is 83.4 Å². The van der Waals surface area contributed by atoms with Crippen molar-refractivity contribution in [3.63, 3.8) is 0 Å². The summed E-state index contributed by atoms with van der Waals surface area (Å²) in [6.07, 6.45) is 23.3. The lowest BCUT2D eigenvalue weighted by molar-refractivity contribution is 0.113. The van der Waals surface area contributed by atoms with E-state index < -0.39 is 0 Å². The van der Waals surface area contributed by atoms with E-state index in [4.69, 9.17) is 0 Å². The predicted molar refractivity (Wildman–Crippen MR) is 127 cm³/mol. The average Bonchev–Trinajstić information content (AvgIpc) is 2.77. The average molecular weight is 395 g/mol. The minimum absolute atomic E-state index is 0.857. The number of benzene rings is 1. The van der Waals surface area contributed by atoms with Gasteiger partial charge in [-0.3, -0.25) is 0 Å². The molecule has 2 saturated carbocycles. The van der Waals surface area contributed by atoms with Gasteiger partial charge in [-0.15, -0.1) is 0 Å². The van der Waals surface area contributed by atoms with Crippen LogP contribution in [-0.4, -0.2) is 0 Å². The first-order valence-corrected chi connectivity index (χ1v) is 13.4. The minimum atomic E-state index is 0.857. The molecule has 0 aliphatic heterocycles. The topological polar surface area (TPSA) is 0 Å². The first kappa shape index (κ1) is 21.5. The summed E-state index contributed by atoms with van der Waals surface area (Å²) in [5.74, 6) is 4.94. The van der Waals surface area contributed by atoms with E-state index in [2.05, 4.69) is 32.0 Å². The minimum Gasteiger partial charge on any atom is -0.0654 e. The molecule has 0 bridgehead atoms. The van der Waals surface area contributed by atoms with Gasteiger partial charge in [0.1, 0.15) is 0 Å². The van der Waals surface area contributed by atoms with Crippen LogP contribution in [-0.2, 0) is 12.8 Å². The van der Waals surface area contributed by atoms with Crippen molar-refractivity contribution in [2.75, 3.05) is 0 Å². The highest BCUT2D eigenvalue weighted by atomic mass is 14.4. The van der Waals surface area contributed by atoms with Gasteiger partial charge in [-0.2, -0.15) is 0 Å². The molecule has 3 aliphatic rings. The maximum absolute atomic E-state index is 2.63. The highest BCUT2D eigenvalue weighted by Gasteiger charge is 2.36. The van der Waals surface area contributed by atoms with Crippen molar-refractivity contribution < 1.29 is 0 Å². The molecule has 0 nitrogen and oxygen atoms in total. The molecule has 4 rings (SSSR count). The molecule has 162 valence electrons. The van der Waals surface area contributed by atoms with Gasteiger partial charge in [0.25, 0.3) is 0 Å². The Bertz CT molecular complexity index is 629. The third kappa shape index (κ3) is 5.48. The number of rotatable bonds is 8. The molecule has 0 aromatic heterocycles. The van der Waals surface area contributed by atoms with Crippen LogP contribution in [0.15, 0.2) is 18.2 Å². The standard InChI is InChI=1S/C29H46/c1-3-5-6-7-8-9-23-11-13-27-21-29(17-15-25(27)19-23)28-16-14-24-18-22(4-2)10-12-26(24)20-28/h14,16,20,22-23,25,27,29H,3-13,15,17-19,21H2,1-2H3. The number of unbranched alkanes of at least 4 members (excludes halogenated alkanes) is 4. The van der Waals surface area contributed by atoms with Crippen LogP contribution in [0.25, 0.3) is 0 Å². The van der Waals surface area contributed by atoms with Crippen LogP contribution >= 0.6 is 0 Å². The predicted octanol–water partition coefficient (Wildman–Crippen LogP) is 8.86. The largest absolute Gasteiger partial charge is 0.0654 e. The number of hydrogen-bond donors (Lipinski definition) is 0. The zero-order chi connectivity index (χ0) is 20.1. The second-order valence-electron chi connectivity index (χ2n) is 11.0. The molecule has 5 atom stereocenters. The molecule has 29 heavy (non-hydrogen) atoms. The van der Waals surface area contributed by atoms with Crippen molar-refractivity contribution in [2.45, 2.75) is 122 Å². The van der Waals surface area contributed by atoms with E-state index in [-0.39, 0.29) is 0 Å². The maximum Gasteiger partial charge on any atom is -0.0159 e. The highest BCUT2D eigenvalue weighted by Crippen LogP contribution is 2.48. The molecule has 5 unspecified atom stereocenters. The smallest absolute Gasteiger partial charge is 0.0159 e. The Morgan fingerprint density at radius 1 is 0.759 bits per heavy atom. The Morgan fingerprint density at radius 2 is 1.59 bits per heavy atom. The fraction of sp³-hybridized carbons (Fsp3) is 0.793. The molecule has 0 amide bonds. The fourth-order valence-electron chi connectivity index (χ4n) is 7.04. The summed E-state index contributed by atoms with van der Waals surface area (Å²) in [5.41, 5.74) is 5.05. The molecular weight excluding hydrogens is 348 g/mol. The van der Waals surface area contributed by atoms with Crippen molar-refractivity contribution in [3.05, 3.63) is 34.9 Å². The van der Waals surface area contributed by atoms with Crippen molar-refractivity contribution in [1.29, 1.82) is 0 Å². The van der Waals surface area contributed by atoms with Gasteiger partial charge in [0.15, 0.2) is 0 Å². The molecule has 1 aromatic rings. The van der Waals surface area contributed by atoms with E-state index in [0.29, 0.717) is 0 Å². The summed E-state index contributed by atoms with van der Waals surface area (Å²) in [7, 11) is 0. The van der Waals surface area contributed by atoms with Crippen molar-refractivity contribution in [1.82, 2.24) is 0 Å². The first-order valence-electron chi connectivity index (χ1n) is 13.4. The van der Waals surface area contributed by atoms with E-state index in [1.165, 1.54) is 96.3 Å². The molecule has 2 fully saturated rings. The zero-order valence-corrected chi connectivity index (χ0v) is 19.4. The van der Waals surface area contributed by atoms with Crippen LogP contribution in [0.2, 0.25) is 0 Å². The molecule has 0 spiro atoms. The molecular formula is C29H46. The summed E-state index contributed by atoms with van der Waals surface area (Å²) in [5, 5.41) is 0. The van der Waals surface area contributed by atoms with E-state index in [0.717, 1.165) is 29.6 Å². The molecule has 0 radical (unpaired) electrons. The molecule has 0 heterocycles. The van der Waals surface area contributed by atoms with Crippen LogP contribution in [0, 0.1) is 23.7 Å². The van der Waals surface area contributed by atoms with Crippen LogP contribution < -0.4 is 0 Å².